The van der Waals surface area contributed by atoms with E-state index in [9.17, 15) is 14.0 Å². The Morgan fingerprint density at radius 3 is 2.40 bits per heavy atom. The van der Waals surface area contributed by atoms with Crippen LogP contribution in [0.1, 0.15) is 44.1 Å². The predicted octanol–water partition coefficient (Wildman–Crippen LogP) is 4.61. The number of halogens is 1. The van der Waals surface area contributed by atoms with E-state index in [4.69, 9.17) is 0 Å². The molecule has 3 aromatic rings. The van der Waals surface area contributed by atoms with E-state index in [1.54, 1.807) is 6.07 Å². The van der Waals surface area contributed by atoms with Crippen molar-refractivity contribution in [1.29, 1.82) is 0 Å². The van der Waals surface area contributed by atoms with Gasteiger partial charge in [0, 0.05) is 43.4 Å². The average Bonchev–Trinajstić information content (AvgIpc) is 3.39. The Morgan fingerprint density at radius 1 is 0.950 bits per heavy atom. The van der Waals surface area contributed by atoms with E-state index in [0.29, 0.717) is 44.7 Å². The molecule has 4 aliphatic rings. The Kier molecular flexibility index (Phi) is 6.38. The number of rotatable bonds is 4. The van der Waals surface area contributed by atoms with Gasteiger partial charge in [-0.15, -0.1) is 0 Å². The van der Waals surface area contributed by atoms with Crippen LogP contribution in [-0.4, -0.2) is 65.2 Å². The third kappa shape index (κ3) is 4.48. The zero-order chi connectivity index (χ0) is 27.3. The van der Waals surface area contributed by atoms with Crippen LogP contribution in [0, 0.1) is 5.82 Å². The lowest BCUT2D eigenvalue weighted by molar-refractivity contribution is -0.124. The summed E-state index contributed by atoms with van der Waals surface area (Å²) in [6, 6.07) is 22.4. The maximum Gasteiger partial charge on any atom is 0.317 e. The fourth-order valence-electron chi connectivity index (χ4n) is 7.60. The topological polar surface area (TPSA) is 67.9 Å². The van der Waals surface area contributed by atoms with Gasteiger partial charge in [0.15, 0.2) is 0 Å². The smallest absolute Gasteiger partial charge is 0.317 e. The highest BCUT2D eigenvalue weighted by molar-refractivity contribution is 5.93. The molecule has 208 valence electrons. The Labute approximate surface area is 234 Å². The maximum absolute atomic E-state index is 13.6. The van der Waals surface area contributed by atoms with E-state index in [1.807, 2.05) is 47.4 Å². The molecule has 2 N–H and O–H groups in total. The van der Waals surface area contributed by atoms with Gasteiger partial charge in [0.05, 0.1) is 6.67 Å². The van der Waals surface area contributed by atoms with Crippen molar-refractivity contribution in [3.05, 3.63) is 78.1 Å². The zero-order valence-electron chi connectivity index (χ0n) is 22.7. The Balaban J connectivity index is 0.956. The maximum atomic E-state index is 13.6. The fraction of sp³-hybridized carbons (Fsp3) is 0.438. The number of amides is 3. The summed E-state index contributed by atoms with van der Waals surface area (Å²) < 4.78 is 13.6. The third-order valence-electron chi connectivity index (χ3n) is 9.73. The average molecular weight is 542 g/mol. The van der Waals surface area contributed by atoms with Crippen LogP contribution in [-0.2, 0) is 11.3 Å². The highest BCUT2D eigenvalue weighted by Crippen LogP contribution is 2.38. The lowest BCUT2D eigenvalue weighted by Crippen LogP contribution is -2.59. The van der Waals surface area contributed by atoms with E-state index in [0.717, 1.165) is 48.7 Å². The number of fused-ring (bicyclic) bond motifs is 3. The second-order valence-corrected chi connectivity index (χ2v) is 11.9. The predicted molar refractivity (Wildman–Crippen MR) is 153 cm³/mol. The van der Waals surface area contributed by atoms with Gasteiger partial charge < -0.3 is 20.4 Å². The van der Waals surface area contributed by atoms with Crippen molar-refractivity contribution in [2.75, 3.05) is 24.7 Å². The number of hydrogen-bond acceptors (Lipinski definition) is 4. The van der Waals surface area contributed by atoms with Crippen LogP contribution >= 0.6 is 0 Å². The fourth-order valence-corrected chi connectivity index (χ4v) is 7.60. The van der Waals surface area contributed by atoms with Crippen molar-refractivity contribution in [2.45, 2.75) is 68.7 Å². The molecule has 4 saturated heterocycles. The molecule has 1 spiro atoms. The van der Waals surface area contributed by atoms with Crippen molar-refractivity contribution in [2.24, 2.45) is 0 Å². The summed E-state index contributed by atoms with van der Waals surface area (Å²) in [6.45, 7) is 2.53. The van der Waals surface area contributed by atoms with Gasteiger partial charge in [-0.3, -0.25) is 9.69 Å². The summed E-state index contributed by atoms with van der Waals surface area (Å²) in [7, 11) is 0. The standard InChI is InChI=1S/C32H36FN5O2/c33-25-9-8-23-16-22(6-7-24(23)17-25)20-37-28-10-11-29(37)19-26(18-28)35-31(40)36-14-12-32(13-15-36)30(39)34-21-38(32)27-4-2-1-3-5-27/h1-9,16-17,26,28-29H,10-15,18-21H2,(H,34,39)(H,35,40)/t26?,28-,29+. The van der Waals surface area contributed by atoms with Gasteiger partial charge in [-0.2, -0.15) is 0 Å². The molecule has 7 rings (SSSR count). The number of carbonyl (C=O) groups is 2. The summed E-state index contributed by atoms with van der Waals surface area (Å²) >= 11 is 0. The van der Waals surface area contributed by atoms with E-state index in [1.165, 1.54) is 11.6 Å². The first-order chi connectivity index (χ1) is 19.5. The van der Waals surface area contributed by atoms with Gasteiger partial charge in [-0.05, 0) is 85.2 Å². The number of benzene rings is 3. The normalized spacial score (nSPS) is 25.9. The molecule has 3 atom stereocenters. The lowest BCUT2D eigenvalue weighted by atomic mass is 9.85. The van der Waals surface area contributed by atoms with Crippen LogP contribution < -0.4 is 15.5 Å². The SMILES string of the molecule is O=C(NC1C[C@H]2CC[C@@H](C1)N2Cc1ccc2cc(F)ccc2c1)N1CCC2(CC1)C(=O)NCN2c1ccccc1. The lowest BCUT2D eigenvalue weighted by Gasteiger charge is -2.44. The second kappa shape index (κ2) is 10.1. The van der Waals surface area contributed by atoms with Crippen LogP contribution in [0.25, 0.3) is 10.8 Å². The van der Waals surface area contributed by atoms with Crippen molar-refractivity contribution in [3.8, 4) is 0 Å². The van der Waals surface area contributed by atoms with E-state index >= 15 is 0 Å². The van der Waals surface area contributed by atoms with Gasteiger partial charge in [-0.1, -0.05) is 36.4 Å². The van der Waals surface area contributed by atoms with Crippen LogP contribution in [0.4, 0.5) is 14.9 Å². The molecule has 40 heavy (non-hydrogen) atoms. The molecule has 4 aliphatic heterocycles. The molecule has 0 radical (unpaired) electrons. The van der Waals surface area contributed by atoms with Crippen molar-refractivity contribution in [3.63, 3.8) is 0 Å². The minimum atomic E-state index is -0.584. The number of carbonyl (C=O) groups excluding carboxylic acids is 2. The van der Waals surface area contributed by atoms with Crippen LogP contribution in [0.5, 0.6) is 0 Å². The molecule has 0 aromatic heterocycles. The van der Waals surface area contributed by atoms with Crippen molar-refractivity contribution >= 4 is 28.4 Å². The zero-order valence-corrected chi connectivity index (χ0v) is 22.7. The molecule has 0 saturated carbocycles. The number of nitrogens with zero attached hydrogens (tertiary/aromatic N) is 3. The highest BCUT2D eigenvalue weighted by Gasteiger charge is 2.51. The number of urea groups is 1. The molecule has 4 fully saturated rings. The molecular formula is C32H36FN5O2. The summed E-state index contributed by atoms with van der Waals surface area (Å²) in [4.78, 5) is 32.9. The third-order valence-corrected chi connectivity index (χ3v) is 9.73. The van der Waals surface area contributed by atoms with E-state index in [-0.39, 0.29) is 23.8 Å². The van der Waals surface area contributed by atoms with Crippen LogP contribution in [0.2, 0.25) is 0 Å². The first-order valence-electron chi connectivity index (χ1n) is 14.6. The summed E-state index contributed by atoms with van der Waals surface area (Å²) in [5, 5.41) is 8.38. The van der Waals surface area contributed by atoms with Gasteiger partial charge >= 0.3 is 6.03 Å². The largest absolute Gasteiger partial charge is 0.339 e. The summed E-state index contributed by atoms with van der Waals surface area (Å²) in [6.07, 6.45) is 5.50. The first kappa shape index (κ1) is 25.3. The Bertz CT molecular complexity index is 1410. The van der Waals surface area contributed by atoms with Gasteiger partial charge in [0.25, 0.3) is 0 Å². The molecular weight excluding hydrogens is 505 g/mol. The van der Waals surface area contributed by atoms with Gasteiger partial charge in [0.2, 0.25) is 5.91 Å². The van der Waals surface area contributed by atoms with Gasteiger partial charge in [-0.25, -0.2) is 9.18 Å². The molecule has 8 heteroatoms. The number of anilines is 1. The molecule has 0 aliphatic carbocycles. The molecule has 4 heterocycles. The molecule has 3 amide bonds. The number of likely N-dealkylation sites (tertiary alicyclic amines) is 1. The first-order valence-corrected chi connectivity index (χ1v) is 14.6. The Morgan fingerprint density at radius 2 is 1.65 bits per heavy atom. The number of piperidine rings is 2. The second-order valence-electron chi connectivity index (χ2n) is 11.9. The molecule has 1 unspecified atom stereocenters. The molecule has 2 bridgehead atoms. The number of para-hydroxylation sites is 1. The van der Waals surface area contributed by atoms with Crippen molar-refractivity contribution in [1.82, 2.24) is 20.4 Å². The van der Waals surface area contributed by atoms with E-state index in [2.05, 4.69) is 32.6 Å². The summed E-state index contributed by atoms with van der Waals surface area (Å²) in [5.74, 6) is -0.136. The number of hydrogen-bond donors (Lipinski definition) is 2. The molecule has 3 aromatic carbocycles. The monoisotopic (exact) mass is 541 g/mol. The Hall–Kier alpha value is -3.65. The minimum absolute atomic E-state index is 0.000808. The summed E-state index contributed by atoms with van der Waals surface area (Å²) in [5.41, 5.74) is 1.71. The van der Waals surface area contributed by atoms with Crippen molar-refractivity contribution < 1.29 is 14.0 Å². The van der Waals surface area contributed by atoms with Crippen LogP contribution in [0.3, 0.4) is 0 Å². The molecule has 7 nitrogen and oxygen atoms in total. The minimum Gasteiger partial charge on any atom is -0.339 e. The van der Waals surface area contributed by atoms with Gasteiger partial charge in [0.1, 0.15) is 11.4 Å². The highest BCUT2D eigenvalue weighted by atomic mass is 19.1. The van der Waals surface area contributed by atoms with E-state index < -0.39 is 5.54 Å². The van der Waals surface area contributed by atoms with Crippen LogP contribution in [0.15, 0.2) is 66.7 Å². The quantitative estimate of drug-likeness (QED) is 0.506. The number of nitrogens with one attached hydrogen (secondary N) is 2.